The van der Waals surface area contributed by atoms with Gasteiger partial charge in [0.15, 0.2) is 0 Å². The maximum absolute atomic E-state index is 4.32. The smallest absolute Gasteiger partial charge is 0.0549 e. The summed E-state index contributed by atoms with van der Waals surface area (Å²) in [6.07, 6.45) is 5.80. The largest absolute Gasteiger partial charge is 0.309 e. The highest BCUT2D eigenvalue weighted by molar-refractivity contribution is 5.91. The molecule has 0 atom stereocenters. The van der Waals surface area contributed by atoms with Gasteiger partial charge in [0, 0.05) is 29.1 Å². The van der Waals surface area contributed by atoms with Crippen molar-refractivity contribution in [2.24, 2.45) is 4.99 Å². The van der Waals surface area contributed by atoms with Crippen molar-refractivity contribution in [1.82, 2.24) is 4.57 Å². The SMILES string of the molecule is C1=Cc2cc3ccccc3n2-c2ccccc2C=N1. The van der Waals surface area contributed by atoms with Crippen LogP contribution in [0.5, 0.6) is 0 Å². The maximum atomic E-state index is 4.32. The van der Waals surface area contributed by atoms with E-state index >= 15 is 0 Å². The van der Waals surface area contributed by atoms with E-state index in [2.05, 4.69) is 58.1 Å². The molecular weight excluding hydrogens is 232 g/mol. The second-order valence-corrected chi connectivity index (χ2v) is 4.62. The molecule has 0 unspecified atom stereocenters. The van der Waals surface area contributed by atoms with E-state index in [0.717, 1.165) is 11.3 Å². The van der Waals surface area contributed by atoms with Crippen LogP contribution in [0.2, 0.25) is 0 Å². The Morgan fingerprint density at radius 3 is 2.74 bits per heavy atom. The van der Waals surface area contributed by atoms with E-state index in [0.29, 0.717) is 0 Å². The van der Waals surface area contributed by atoms with Gasteiger partial charge in [0.25, 0.3) is 0 Å². The highest BCUT2D eigenvalue weighted by atomic mass is 15.0. The number of aromatic nitrogens is 1. The fourth-order valence-electron chi connectivity index (χ4n) is 2.61. The summed E-state index contributed by atoms with van der Waals surface area (Å²) in [6, 6.07) is 19.0. The van der Waals surface area contributed by atoms with Gasteiger partial charge in [-0.15, -0.1) is 0 Å². The molecule has 0 fully saturated rings. The molecule has 1 aliphatic rings. The summed E-state index contributed by atoms with van der Waals surface area (Å²) in [7, 11) is 0. The van der Waals surface area contributed by atoms with Crippen LogP contribution in [-0.4, -0.2) is 10.8 Å². The third-order valence-electron chi connectivity index (χ3n) is 3.46. The van der Waals surface area contributed by atoms with Crippen LogP contribution < -0.4 is 0 Å². The first kappa shape index (κ1) is 10.3. The van der Waals surface area contributed by atoms with Gasteiger partial charge in [-0.3, -0.25) is 4.99 Å². The van der Waals surface area contributed by atoms with Gasteiger partial charge in [-0.25, -0.2) is 0 Å². The summed E-state index contributed by atoms with van der Waals surface area (Å²) in [6.45, 7) is 0. The van der Waals surface area contributed by atoms with Crippen molar-refractivity contribution in [2.45, 2.75) is 0 Å². The van der Waals surface area contributed by atoms with Gasteiger partial charge in [-0.1, -0.05) is 36.4 Å². The molecule has 0 saturated carbocycles. The molecule has 4 rings (SSSR count). The number of nitrogens with zero attached hydrogens (tertiary/aromatic N) is 2. The van der Waals surface area contributed by atoms with E-state index in [1.807, 2.05) is 24.6 Å². The lowest BCUT2D eigenvalue weighted by atomic mass is 10.1. The fraction of sp³-hybridized carbons (Fsp3) is 0. The standard InChI is InChI=1S/C17H12N2/c1-3-7-16-13(5-1)11-15-9-10-18-12-14-6-2-4-8-17(14)19(15)16/h1-12H. The Morgan fingerprint density at radius 1 is 0.895 bits per heavy atom. The number of para-hydroxylation sites is 2. The van der Waals surface area contributed by atoms with Gasteiger partial charge in [-0.2, -0.15) is 0 Å². The Balaban J connectivity index is 2.17. The average molecular weight is 244 g/mol. The summed E-state index contributed by atoms with van der Waals surface area (Å²) in [5.74, 6) is 0. The monoisotopic (exact) mass is 244 g/mol. The Bertz CT molecular complexity index is 822. The van der Waals surface area contributed by atoms with Crippen LogP contribution in [0.1, 0.15) is 11.3 Å². The molecule has 0 N–H and O–H groups in total. The zero-order chi connectivity index (χ0) is 12.7. The first-order chi connectivity index (χ1) is 9.43. The zero-order valence-corrected chi connectivity index (χ0v) is 10.3. The number of fused-ring (bicyclic) bond motifs is 5. The van der Waals surface area contributed by atoms with Crippen molar-refractivity contribution in [3.8, 4) is 5.69 Å². The fourth-order valence-corrected chi connectivity index (χ4v) is 2.61. The summed E-state index contributed by atoms with van der Waals surface area (Å²) < 4.78 is 2.28. The molecule has 3 aromatic rings. The Hall–Kier alpha value is -2.61. The predicted octanol–water partition coefficient (Wildman–Crippen LogP) is 4.03. The van der Waals surface area contributed by atoms with Gasteiger partial charge in [-0.05, 0) is 24.3 Å². The Morgan fingerprint density at radius 2 is 1.74 bits per heavy atom. The van der Waals surface area contributed by atoms with Crippen LogP contribution in [0.15, 0.2) is 65.8 Å². The highest BCUT2D eigenvalue weighted by Gasteiger charge is 2.11. The van der Waals surface area contributed by atoms with E-state index in [9.17, 15) is 0 Å². The molecule has 90 valence electrons. The van der Waals surface area contributed by atoms with Gasteiger partial charge >= 0.3 is 0 Å². The van der Waals surface area contributed by atoms with Crippen molar-refractivity contribution in [3.05, 3.63) is 72.1 Å². The van der Waals surface area contributed by atoms with E-state index < -0.39 is 0 Å². The molecule has 2 nitrogen and oxygen atoms in total. The topological polar surface area (TPSA) is 17.3 Å². The molecule has 0 spiro atoms. The highest BCUT2D eigenvalue weighted by Crippen LogP contribution is 2.27. The zero-order valence-electron chi connectivity index (χ0n) is 10.3. The number of rotatable bonds is 0. The second-order valence-electron chi connectivity index (χ2n) is 4.62. The van der Waals surface area contributed by atoms with Crippen LogP contribution in [0.3, 0.4) is 0 Å². The molecule has 0 radical (unpaired) electrons. The van der Waals surface area contributed by atoms with Gasteiger partial charge in [0.05, 0.1) is 11.2 Å². The first-order valence-corrected chi connectivity index (χ1v) is 6.33. The van der Waals surface area contributed by atoms with E-state index in [4.69, 9.17) is 0 Å². The molecular formula is C17H12N2. The quantitative estimate of drug-likeness (QED) is 0.568. The van der Waals surface area contributed by atoms with E-state index in [1.54, 1.807) is 0 Å². The summed E-state index contributed by atoms with van der Waals surface area (Å²) in [5.41, 5.74) is 4.69. The van der Waals surface area contributed by atoms with Gasteiger partial charge in [0.1, 0.15) is 0 Å². The molecule has 0 aliphatic carbocycles. The van der Waals surface area contributed by atoms with Gasteiger partial charge < -0.3 is 4.57 Å². The number of hydrogen-bond donors (Lipinski definition) is 0. The van der Waals surface area contributed by atoms with Crippen LogP contribution in [0, 0.1) is 0 Å². The molecule has 19 heavy (non-hydrogen) atoms. The molecule has 0 amide bonds. The minimum absolute atomic E-state index is 1.13. The lowest BCUT2D eigenvalue weighted by Crippen LogP contribution is -2.01. The minimum atomic E-state index is 1.13. The molecule has 1 aliphatic heterocycles. The van der Waals surface area contributed by atoms with Crippen molar-refractivity contribution in [2.75, 3.05) is 0 Å². The number of hydrogen-bond acceptors (Lipinski definition) is 1. The molecule has 0 bridgehead atoms. The third kappa shape index (κ3) is 1.54. The summed E-state index contributed by atoms with van der Waals surface area (Å²) in [5, 5.41) is 1.25. The number of aliphatic imine (C=N–C) groups is 1. The molecule has 1 aromatic heterocycles. The van der Waals surface area contributed by atoms with Crippen LogP contribution in [-0.2, 0) is 0 Å². The molecule has 0 saturated heterocycles. The Labute approximate surface area is 111 Å². The number of benzene rings is 2. The van der Waals surface area contributed by atoms with Crippen LogP contribution in [0.4, 0.5) is 0 Å². The lowest BCUT2D eigenvalue weighted by Gasteiger charge is -2.12. The maximum Gasteiger partial charge on any atom is 0.0549 e. The van der Waals surface area contributed by atoms with Gasteiger partial charge in [0.2, 0.25) is 0 Å². The van der Waals surface area contributed by atoms with Crippen molar-refractivity contribution >= 4 is 23.2 Å². The predicted molar refractivity (Wildman–Crippen MR) is 79.9 cm³/mol. The van der Waals surface area contributed by atoms with E-state index in [-0.39, 0.29) is 0 Å². The molecule has 2 heterocycles. The third-order valence-corrected chi connectivity index (χ3v) is 3.46. The second kappa shape index (κ2) is 3.95. The Kier molecular flexibility index (Phi) is 2.15. The summed E-state index contributed by atoms with van der Waals surface area (Å²) in [4.78, 5) is 4.32. The normalized spacial score (nSPS) is 12.8. The van der Waals surface area contributed by atoms with Crippen LogP contribution in [0.25, 0.3) is 22.7 Å². The van der Waals surface area contributed by atoms with E-state index in [1.165, 1.54) is 16.6 Å². The molecule has 2 heteroatoms. The first-order valence-electron chi connectivity index (χ1n) is 6.33. The van der Waals surface area contributed by atoms with Crippen LogP contribution >= 0.6 is 0 Å². The average Bonchev–Trinajstić information content (AvgIpc) is 2.79. The van der Waals surface area contributed by atoms with Crippen molar-refractivity contribution in [3.63, 3.8) is 0 Å². The lowest BCUT2D eigenvalue weighted by molar-refractivity contribution is 1.10. The summed E-state index contributed by atoms with van der Waals surface area (Å²) >= 11 is 0. The van der Waals surface area contributed by atoms with Crippen molar-refractivity contribution in [1.29, 1.82) is 0 Å². The van der Waals surface area contributed by atoms with Crippen molar-refractivity contribution < 1.29 is 0 Å². The molecule has 2 aromatic carbocycles. The minimum Gasteiger partial charge on any atom is -0.309 e.